The van der Waals surface area contributed by atoms with Gasteiger partial charge in [-0.2, -0.15) is 0 Å². The van der Waals surface area contributed by atoms with Gasteiger partial charge in [-0.15, -0.1) is 0 Å². The number of piperidine rings is 1. The van der Waals surface area contributed by atoms with Gasteiger partial charge in [-0.05, 0) is 85.8 Å². The molecular formula is C32H30Cl2FN3O4. The van der Waals surface area contributed by atoms with Crippen LogP contribution in [0.4, 0.5) is 10.1 Å². The van der Waals surface area contributed by atoms with Crippen LogP contribution in [0.3, 0.4) is 0 Å². The quantitative estimate of drug-likeness (QED) is 0.285. The summed E-state index contributed by atoms with van der Waals surface area (Å²) in [4.78, 5) is 40.4. The van der Waals surface area contributed by atoms with E-state index in [2.05, 4.69) is 16.0 Å². The van der Waals surface area contributed by atoms with Gasteiger partial charge in [-0.1, -0.05) is 41.8 Å². The van der Waals surface area contributed by atoms with Crippen LogP contribution < -0.4 is 20.7 Å². The molecule has 6 rings (SSSR count). The van der Waals surface area contributed by atoms with E-state index >= 15 is 0 Å². The SMILES string of the molecule is Cc1ccc(F)cc1[C@@H]1NC(=O)C[C@H](c2cc(Cl)ccc2OC(C)NC(=O)C2CCC2)[C@@]12C(=O)Nc1cc(Cl)ccc12. The molecule has 0 radical (unpaired) electrons. The number of amides is 3. The molecule has 2 aliphatic heterocycles. The molecule has 2 fully saturated rings. The van der Waals surface area contributed by atoms with Crippen molar-refractivity contribution in [2.75, 3.05) is 5.32 Å². The zero-order valence-electron chi connectivity index (χ0n) is 23.1. The summed E-state index contributed by atoms with van der Waals surface area (Å²) in [5, 5.41) is 9.73. The standard InChI is InChI=1S/C32H30Cl2FN3O4/c1-16-6-9-21(35)14-22(16)29-32(24-10-7-20(34)13-26(24)37-31(32)41)25(15-28(39)38-29)23-12-19(33)8-11-27(23)42-17(2)36-30(40)18-4-3-5-18/h6-14,17-18,25,29H,3-5,15H2,1-2H3,(H,36,40)(H,37,41)(H,38,39)/t17?,25-,29+,32-/m1/s1. The maximum Gasteiger partial charge on any atom is 0.238 e. The number of carbonyl (C=O) groups is 3. The van der Waals surface area contributed by atoms with Gasteiger partial charge in [-0.25, -0.2) is 4.39 Å². The topological polar surface area (TPSA) is 96.5 Å². The fraction of sp³-hybridized carbons (Fsp3) is 0.344. The van der Waals surface area contributed by atoms with E-state index in [1.165, 1.54) is 12.1 Å². The van der Waals surface area contributed by atoms with Gasteiger partial charge in [0.05, 0.1) is 6.04 Å². The van der Waals surface area contributed by atoms with Crippen molar-refractivity contribution >= 4 is 46.6 Å². The van der Waals surface area contributed by atoms with E-state index in [1.54, 1.807) is 49.4 Å². The summed E-state index contributed by atoms with van der Waals surface area (Å²) < 4.78 is 21.0. The summed E-state index contributed by atoms with van der Waals surface area (Å²) in [6.07, 6.45) is 1.98. The van der Waals surface area contributed by atoms with Crippen molar-refractivity contribution in [1.29, 1.82) is 0 Å². The van der Waals surface area contributed by atoms with Gasteiger partial charge in [-0.3, -0.25) is 14.4 Å². The molecule has 0 bridgehead atoms. The lowest BCUT2D eigenvalue weighted by Gasteiger charge is -2.47. The molecule has 218 valence electrons. The first-order valence-electron chi connectivity index (χ1n) is 14.0. The highest BCUT2D eigenvalue weighted by Crippen LogP contribution is 2.59. The minimum atomic E-state index is -1.41. The predicted octanol–water partition coefficient (Wildman–Crippen LogP) is 6.32. The minimum Gasteiger partial charge on any atom is -0.471 e. The Bertz CT molecular complexity index is 1610. The molecule has 3 aromatic rings. The van der Waals surface area contributed by atoms with E-state index in [1.807, 2.05) is 6.92 Å². The van der Waals surface area contributed by atoms with E-state index in [0.717, 1.165) is 19.3 Å². The van der Waals surface area contributed by atoms with Gasteiger partial charge in [0.1, 0.15) is 17.0 Å². The van der Waals surface area contributed by atoms with Crippen molar-refractivity contribution in [2.24, 2.45) is 5.92 Å². The number of hydrogen-bond donors (Lipinski definition) is 3. The zero-order chi connectivity index (χ0) is 29.8. The molecule has 3 aromatic carbocycles. The molecule has 4 atom stereocenters. The molecule has 1 aliphatic carbocycles. The Balaban J connectivity index is 1.51. The van der Waals surface area contributed by atoms with Gasteiger partial charge in [0.2, 0.25) is 17.7 Å². The number of aryl methyl sites for hydroxylation is 1. The first-order valence-corrected chi connectivity index (χ1v) is 14.8. The fourth-order valence-electron chi connectivity index (χ4n) is 6.55. The average Bonchev–Trinajstić information content (AvgIpc) is 3.17. The van der Waals surface area contributed by atoms with Crippen LogP contribution in [0.25, 0.3) is 0 Å². The summed E-state index contributed by atoms with van der Waals surface area (Å²) in [7, 11) is 0. The molecule has 1 unspecified atom stereocenters. The number of halogens is 3. The fourth-order valence-corrected chi connectivity index (χ4v) is 6.90. The Hall–Kier alpha value is -3.62. The van der Waals surface area contributed by atoms with E-state index in [0.29, 0.717) is 43.7 Å². The number of carbonyl (C=O) groups excluding carboxylic acids is 3. The first-order chi connectivity index (χ1) is 20.1. The van der Waals surface area contributed by atoms with Gasteiger partial charge in [0, 0.05) is 39.6 Å². The minimum absolute atomic E-state index is 0.0215. The maximum atomic E-state index is 14.7. The Labute approximate surface area is 253 Å². The second-order valence-electron chi connectivity index (χ2n) is 11.3. The van der Waals surface area contributed by atoms with Crippen LogP contribution in [0.15, 0.2) is 54.6 Å². The van der Waals surface area contributed by atoms with Crippen LogP contribution in [0, 0.1) is 18.7 Å². The van der Waals surface area contributed by atoms with Crippen LogP contribution in [0.5, 0.6) is 5.75 Å². The summed E-state index contributed by atoms with van der Waals surface area (Å²) in [5.74, 6) is -1.65. The monoisotopic (exact) mass is 609 g/mol. The highest BCUT2D eigenvalue weighted by Gasteiger charge is 2.62. The van der Waals surface area contributed by atoms with Crippen molar-refractivity contribution in [2.45, 2.75) is 63.1 Å². The summed E-state index contributed by atoms with van der Waals surface area (Å²) in [6, 6.07) is 13.6. The summed E-state index contributed by atoms with van der Waals surface area (Å²) >= 11 is 12.8. The van der Waals surface area contributed by atoms with Gasteiger partial charge >= 0.3 is 0 Å². The molecule has 3 aliphatic rings. The van der Waals surface area contributed by atoms with Crippen molar-refractivity contribution in [3.8, 4) is 5.75 Å². The third-order valence-electron chi connectivity index (χ3n) is 8.78. The third kappa shape index (κ3) is 4.80. The number of nitrogens with one attached hydrogen (secondary N) is 3. The number of ether oxygens (including phenoxy) is 1. The molecule has 1 spiro atoms. The van der Waals surface area contributed by atoms with E-state index < -0.39 is 29.4 Å². The second kappa shape index (κ2) is 10.9. The Morgan fingerprint density at radius 1 is 1.05 bits per heavy atom. The molecular weight excluding hydrogens is 580 g/mol. The van der Waals surface area contributed by atoms with Crippen LogP contribution in [0.1, 0.15) is 66.8 Å². The summed E-state index contributed by atoms with van der Waals surface area (Å²) in [6.45, 7) is 3.55. The Morgan fingerprint density at radius 2 is 1.79 bits per heavy atom. The van der Waals surface area contributed by atoms with Crippen molar-refractivity contribution < 1.29 is 23.5 Å². The van der Waals surface area contributed by atoms with Gasteiger partial charge in [0.15, 0.2) is 6.23 Å². The summed E-state index contributed by atoms with van der Waals surface area (Å²) in [5.41, 5.74) is 1.45. The lowest BCUT2D eigenvalue weighted by molar-refractivity contribution is -0.131. The number of anilines is 1. The number of fused-ring (bicyclic) bond motifs is 2. The van der Waals surface area contributed by atoms with Crippen molar-refractivity contribution in [1.82, 2.24) is 10.6 Å². The molecule has 10 heteroatoms. The van der Waals surface area contributed by atoms with Crippen molar-refractivity contribution in [3.05, 3.63) is 92.7 Å². The molecule has 0 aromatic heterocycles. The molecule has 7 nitrogen and oxygen atoms in total. The molecule has 3 N–H and O–H groups in total. The molecule has 3 amide bonds. The number of rotatable bonds is 6. The van der Waals surface area contributed by atoms with Crippen LogP contribution in [0.2, 0.25) is 10.0 Å². The van der Waals surface area contributed by atoms with Gasteiger partial charge in [0.25, 0.3) is 0 Å². The van der Waals surface area contributed by atoms with E-state index in [-0.39, 0.29) is 30.1 Å². The molecule has 1 saturated carbocycles. The zero-order valence-corrected chi connectivity index (χ0v) is 24.6. The molecule has 2 heterocycles. The Morgan fingerprint density at radius 3 is 2.52 bits per heavy atom. The lowest BCUT2D eigenvalue weighted by atomic mass is 9.59. The predicted molar refractivity (Wildman–Crippen MR) is 158 cm³/mol. The van der Waals surface area contributed by atoms with Crippen molar-refractivity contribution in [3.63, 3.8) is 0 Å². The van der Waals surface area contributed by atoms with E-state index in [4.69, 9.17) is 27.9 Å². The largest absolute Gasteiger partial charge is 0.471 e. The Kier molecular flexibility index (Phi) is 7.39. The van der Waals surface area contributed by atoms with E-state index in [9.17, 15) is 18.8 Å². The van der Waals surface area contributed by atoms with Gasteiger partial charge < -0.3 is 20.7 Å². The number of hydrogen-bond acceptors (Lipinski definition) is 4. The van der Waals surface area contributed by atoms with Crippen LogP contribution >= 0.6 is 23.2 Å². The smallest absolute Gasteiger partial charge is 0.238 e. The normalized spacial score (nSPS) is 23.9. The lowest BCUT2D eigenvalue weighted by Crippen LogP contribution is -2.57. The maximum absolute atomic E-state index is 14.7. The number of benzene rings is 3. The highest BCUT2D eigenvalue weighted by molar-refractivity contribution is 6.31. The average molecular weight is 611 g/mol. The highest BCUT2D eigenvalue weighted by atomic mass is 35.5. The van der Waals surface area contributed by atoms with Crippen LogP contribution in [-0.4, -0.2) is 23.9 Å². The first kappa shape index (κ1) is 28.5. The third-order valence-corrected chi connectivity index (χ3v) is 9.25. The molecule has 1 saturated heterocycles. The van der Waals surface area contributed by atoms with Crippen LogP contribution in [-0.2, 0) is 19.8 Å². The molecule has 42 heavy (non-hydrogen) atoms. The second-order valence-corrected chi connectivity index (χ2v) is 12.2.